The highest BCUT2D eigenvalue weighted by Gasteiger charge is 2.27. The van der Waals surface area contributed by atoms with Crippen LogP contribution in [0.3, 0.4) is 0 Å². The third-order valence-corrected chi connectivity index (χ3v) is 6.05. The molecule has 1 aromatic heterocycles. The zero-order valence-corrected chi connectivity index (χ0v) is 17.5. The van der Waals surface area contributed by atoms with Crippen LogP contribution in [-0.4, -0.2) is 42.0 Å². The van der Waals surface area contributed by atoms with E-state index < -0.39 is 0 Å². The number of halogens is 1. The van der Waals surface area contributed by atoms with Gasteiger partial charge >= 0.3 is 0 Å². The molecule has 0 unspecified atom stereocenters. The number of para-hydroxylation sites is 1. The van der Waals surface area contributed by atoms with Crippen LogP contribution in [0.4, 0.5) is 15.8 Å². The number of amides is 1. The molecule has 1 aliphatic carbocycles. The van der Waals surface area contributed by atoms with E-state index in [-0.39, 0.29) is 11.7 Å². The Balaban J connectivity index is 1.41. The zero-order valence-electron chi connectivity index (χ0n) is 17.5. The van der Waals surface area contributed by atoms with Crippen LogP contribution >= 0.6 is 0 Å². The van der Waals surface area contributed by atoms with Gasteiger partial charge in [-0.25, -0.2) is 9.07 Å². The standard InChI is InChI=1S/C24H25FN4O2/c1-16-5-2-3-7-20(16)29-21-8-4-6-18(21)23(27-29)24(30)26-17-9-10-22(19(25)15-17)28-11-13-31-14-12-28/h2-3,5,7,9-10,15H,4,6,8,11-14H2,1H3,(H,26,30). The van der Waals surface area contributed by atoms with Crippen LogP contribution in [0.25, 0.3) is 5.69 Å². The monoisotopic (exact) mass is 420 g/mol. The molecule has 31 heavy (non-hydrogen) atoms. The third-order valence-electron chi connectivity index (χ3n) is 6.05. The molecule has 1 aliphatic heterocycles. The molecule has 6 nitrogen and oxygen atoms in total. The fourth-order valence-electron chi connectivity index (χ4n) is 4.46. The van der Waals surface area contributed by atoms with Crippen LogP contribution in [0.1, 0.15) is 33.7 Å². The van der Waals surface area contributed by atoms with Crippen molar-refractivity contribution >= 4 is 17.3 Å². The second-order valence-corrected chi connectivity index (χ2v) is 8.05. The van der Waals surface area contributed by atoms with E-state index in [0.29, 0.717) is 43.4 Å². The maximum Gasteiger partial charge on any atom is 0.276 e. The number of carbonyl (C=O) groups excluding carboxylic acids is 1. The van der Waals surface area contributed by atoms with Crippen molar-refractivity contribution < 1.29 is 13.9 Å². The van der Waals surface area contributed by atoms with E-state index in [4.69, 9.17) is 4.74 Å². The Kier molecular flexibility index (Phi) is 5.19. The van der Waals surface area contributed by atoms with E-state index >= 15 is 0 Å². The van der Waals surface area contributed by atoms with Crippen LogP contribution in [0.15, 0.2) is 42.5 Å². The molecule has 5 rings (SSSR count). The summed E-state index contributed by atoms with van der Waals surface area (Å²) in [5.41, 5.74) is 5.56. The Bertz CT molecular complexity index is 1130. The molecule has 7 heteroatoms. The molecule has 1 fully saturated rings. The molecule has 2 heterocycles. The second-order valence-electron chi connectivity index (χ2n) is 8.05. The van der Waals surface area contributed by atoms with Crippen molar-refractivity contribution in [3.8, 4) is 5.69 Å². The first-order valence-electron chi connectivity index (χ1n) is 10.7. The Morgan fingerprint density at radius 2 is 1.90 bits per heavy atom. The van der Waals surface area contributed by atoms with Gasteiger partial charge in [0.2, 0.25) is 0 Å². The first-order chi connectivity index (χ1) is 15.1. The second kappa shape index (κ2) is 8.15. The Labute approximate surface area is 180 Å². The smallest absolute Gasteiger partial charge is 0.276 e. The van der Waals surface area contributed by atoms with Crippen LogP contribution in [0.2, 0.25) is 0 Å². The highest BCUT2D eigenvalue weighted by atomic mass is 19.1. The van der Waals surface area contributed by atoms with Gasteiger partial charge in [0.1, 0.15) is 5.82 Å². The van der Waals surface area contributed by atoms with Crippen molar-refractivity contribution in [2.24, 2.45) is 0 Å². The van der Waals surface area contributed by atoms with Crippen LogP contribution < -0.4 is 10.2 Å². The van der Waals surface area contributed by atoms with Crippen LogP contribution in [0.5, 0.6) is 0 Å². The average molecular weight is 420 g/mol. The largest absolute Gasteiger partial charge is 0.378 e. The van der Waals surface area contributed by atoms with Gasteiger partial charge in [-0.15, -0.1) is 0 Å². The number of anilines is 2. The number of fused-ring (bicyclic) bond motifs is 1. The normalized spacial score (nSPS) is 15.7. The van der Waals surface area contributed by atoms with Crippen molar-refractivity contribution in [2.45, 2.75) is 26.2 Å². The van der Waals surface area contributed by atoms with Crippen molar-refractivity contribution in [1.29, 1.82) is 0 Å². The van der Waals surface area contributed by atoms with Gasteiger partial charge in [0, 0.05) is 30.0 Å². The summed E-state index contributed by atoms with van der Waals surface area (Å²) in [4.78, 5) is 15.0. The molecular formula is C24H25FN4O2. The maximum atomic E-state index is 14.7. The highest BCUT2D eigenvalue weighted by molar-refractivity contribution is 6.04. The fourth-order valence-corrected chi connectivity index (χ4v) is 4.46. The van der Waals surface area contributed by atoms with Gasteiger partial charge in [-0.1, -0.05) is 18.2 Å². The topological polar surface area (TPSA) is 59.4 Å². The minimum absolute atomic E-state index is 0.302. The van der Waals surface area contributed by atoms with E-state index in [0.717, 1.165) is 41.8 Å². The van der Waals surface area contributed by atoms with Gasteiger partial charge in [0.25, 0.3) is 5.91 Å². The van der Waals surface area contributed by atoms with Gasteiger partial charge in [-0.05, 0) is 56.0 Å². The number of morpholine rings is 1. The number of hydrogen-bond donors (Lipinski definition) is 1. The first kappa shape index (κ1) is 19.8. The summed E-state index contributed by atoms with van der Waals surface area (Å²) in [6.45, 7) is 4.53. The molecule has 0 saturated carbocycles. The molecule has 1 N–H and O–H groups in total. The number of nitrogens with zero attached hydrogens (tertiary/aromatic N) is 3. The molecule has 0 spiro atoms. The number of benzene rings is 2. The van der Waals surface area contributed by atoms with Gasteiger partial charge < -0.3 is 15.0 Å². The van der Waals surface area contributed by atoms with E-state index in [1.807, 2.05) is 40.8 Å². The molecule has 1 saturated heterocycles. The number of rotatable bonds is 4. The van der Waals surface area contributed by atoms with Crippen molar-refractivity contribution in [2.75, 3.05) is 36.5 Å². The molecule has 160 valence electrons. The predicted octanol–water partition coefficient (Wildman–Crippen LogP) is 3.90. The molecular weight excluding hydrogens is 395 g/mol. The Morgan fingerprint density at radius 3 is 2.68 bits per heavy atom. The Morgan fingerprint density at radius 1 is 1.10 bits per heavy atom. The minimum Gasteiger partial charge on any atom is -0.378 e. The van der Waals surface area contributed by atoms with E-state index in [1.165, 1.54) is 6.07 Å². The fraction of sp³-hybridized carbons (Fsp3) is 0.333. The molecule has 0 atom stereocenters. The van der Waals surface area contributed by atoms with E-state index in [1.54, 1.807) is 12.1 Å². The average Bonchev–Trinajstić information content (AvgIpc) is 3.38. The maximum absolute atomic E-state index is 14.7. The summed E-state index contributed by atoms with van der Waals surface area (Å²) in [6.07, 6.45) is 2.73. The van der Waals surface area contributed by atoms with Gasteiger partial charge in [-0.3, -0.25) is 4.79 Å². The molecule has 3 aromatic rings. The summed E-state index contributed by atoms with van der Waals surface area (Å²) in [5, 5.41) is 7.50. The summed E-state index contributed by atoms with van der Waals surface area (Å²) in [7, 11) is 0. The lowest BCUT2D eigenvalue weighted by atomic mass is 10.1. The first-order valence-corrected chi connectivity index (χ1v) is 10.7. The quantitative estimate of drug-likeness (QED) is 0.696. The number of ether oxygens (including phenoxy) is 1. The number of nitrogens with one attached hydrogen (secondary N) is 1. The lowest BCUT2D eigenvalue weighted by Crippen LogP contribution is -2.36. The Hall–Kier alpha value is -3.19. The van der Waals surface area contributed by atoms with E-state index in [2.05, 4.69) is 10.4 Å². The van der Waals surface area contributed by atoms with Gasteiger partial charge in [-0.2, -0.15) is 5.10 Å². The summed E-state index contributed by atoms with van der Waals surface area (Å²) in [5.74, 6) is -0.653. The lowest BCUT2D eigenvalue weighted by Gasteiger charge is -2.29. The molecule has 2 aliphatic rings. The zero-order chi connectivity index (χ0) is 21.4. The predicted molar refractivity (Wildman–Crippen MR) is 118 cm³/mol. The molecule has 2 aromatic carbocycles. The SMILES string of the molecule is Cc1ccccc1-n1nc(C(=O)Nc2ccc(N3CCOCC3)c(F)c2)c2c1CCC2. The highest BCUT2D eigenvalue weighted by Crippen LogP contribution is 2.30. The molecule has 0 radical (unpaired) electrons. The number of carbonyl (C=O) groups is 1. The lowest BCUT2D eigenvalue weighted by molar-refractivity contribution is 0.102. The van der Waals surface area contributed by atoms with Crippen LogP contribution in [-0.2, 0) is 17.6 Å². The molecule has 0 bridgehead atoms. The van der Waals surface area contributed by atoms with Gasteiger partial charge in [0.05, 0.1) is 24.6 Å². The summed E-state index contributed by atoms with van der Waals surface area (Å²) < 4.78 is 22.0. The van der Waals surface area contributed by atoms with Crippen LogP contribution in [0, 0.1) is 12.7 Å². The molecule has 1 amide bonds. The minimum atomic E-state index is -0.352. The number of hydrogen-bond acceptors (Lipinski definition) is 4. The van der Waals surface area contributed by atoms with Crippen molar-refractivity contribution in [3.05, 3.63) is 70.8 Å². The number of aryl methyl sites for hydroxylation is 1. The van der Waals surface area contributed by atoms with Gasteiger partial charge in [0.15, 0.2) is 5.69 Å². The van der Waals surface area contributed by atoms with E-state index in [9.17, 15) is 9.18 Å². The van der Waals surface area contributed by atoms with Crippen molar-refractivity contribution in [3.63, 3.8) is 0 Å². The van der Waals surface area contributed by atoms with Crippen molar-refractivity contribution in [1.82, 2.24) is 9.78 Å². The summed E-state index contributed by atoms with van der Waals surface area (Å²) >= 11 is 0. The third kappa shape index (κ3) is 3.70. The summed E-state index contributed by atoms with van der Waals surface area (Å²) in [6, 6.07) is 12.9. The number of aromatic nitrogens is 2.